The number of para-hydroxylation sites is 1. The Hall–Kier alpha value is -3.37. The molecule has 1 aliphatic carbocycles. The van der Waals surface area contributed by atoms with Crippen molar-refractivity contribution in [1.29, 1.82) is 0 Å². The lowest BCUT2D eigenvalue weighted by atomic mass is 9.76. The molecule has 1 amide bonds. The molecule has 5 rings (SSSR count). The zero-order valence-electron chi connectivity index (χ0n) is 21.1. The molecule has 1 atom stereocenters. The maximum Gasteiger partial charge on any atom is 0.475 e. The Bertz CT molecular complexity index is 1300. The van der Waals surface area contributed by atoms with Gasteiger partial charge in [-0.1, -0.05) is 61.4 Å². The molecule has 1 aromatic heterocycles. The summed E-state index contributed by atoms with van der Waals surface area (Å²) in [6.45, 7) is 0. The average Bonchev–Trinajstić information content (AvgIpc) is 3.77. The van der Waals surface area contributed by atoms with E-state index in [9.17, 15) is 14.8 Å². The van der Waals surface area contributed by atoms with Crippen LogP contribution in [0.5, 0.6) is 11.5 Å². The molecule has 1 fully saturated rings. The van der Waals surface area contributed by atoms with Crippen molar-refractivity contribution >= 4 is 35.9 Å². The van der Waals surface area contributed by atoms with Crippen molar-refractivity contribution in [3.63, 3.8) is 0 Å². The summed E-state index contributed by atoms with van der Waals surface area (Å²) in [6.07, 6.45) is 5.69. The van der Waals surface area contributed by atoms with Gasteiger partial charge in [0.2, 0.25) is 5.91 Å². The van der Waals surface area contributed by atoms with E-state index < -0.39 is 13.1 Å². The van der Waals surface area contributed by atoms with E-state index in [-0.39, 0.29) is 5.91 Å². The van der Waals surface area contributed by atoms with Crippen LogP contribution >= 0.6 is 11.9 Å². The summed E-state index contributed by atoms with van der Waals surface area (Å²) in [7, 11) is -1.47. The lowest BCUT2D eigenvalue weighted by Crippen LogP contribution is -2.46. The van der Waals surface area contributed by atoms with Crippen LogP contribution in [0.1, 0.15) is 31.2 Å². The van der Waals surface area contributed by atoms with E-state index in [0.717, 1.165) is 45.7 Å². The van der Waals surface area contributed by atoms with Gasteiger partial charge in [0.05, 0.1) is 17.7 Å². The zero-order chi connectivity index (χ0) is 26.7. The first kappa shape index (κ1) is 27.7. The number of hydrogen-bond acceptors (Lipinski definition) is 7. The number of aryl methyl sites for hydroxylation is 1. The predicted octanol–water partition coefficient (Wildman–Crippen LogP) is 4.91. The number of rotatable bonds is 10. The van der Waals surface area contributed by atoms with Gasteiger partial charge in [0.15, 0.2) is 0 Å². The highest BCUT2D eigenvalue weighted by molar-refractivity contribution is 7.97. The molecule has 0 bridgehead atoms. The van der Waals surface area contributed by atoms with Gasteiger partial charge in [-0.05, 0) is 72.7 Å². The molecule has 0 saturated heterocycles. The summed E-state index contributed by atoms with van der Waals surface area (Å²) in [5, 5.41) is 27.8. The molecule has 0 spiro atoms. The molecule has 9 heteroatoms. The van der Waals surface area contributed by atoms with Crippen LogP contribution in [-0.2, 0) is 11.2 Å². The smallest absolute Gasteiger partial charge is 0.456 e. The molecule has 1 saturated carbocycles. The summed E-state index contributed by atoms with van der Waals surface area (Å²) >= 11 is 1.22. The van der Waals surface area contributed by atoms with Crippen LogP contribution in [0.4, 0.5) is 0 Å². The number of benzene rings is 3. The molecule has 0 aliphatic heterocycles. The number of hydrogen-bond donors (Lipinski definition) is 4. The number of fused-ring (bicyclic) bond motifs is 1. The number of carbonyl (C=O) groups excluding carboxylic acids is 1. The summed E-state index contributed by atoms with van der Waals surface area (Å²) in [4.78, 5) is 17.2. The fourth-order valence-electron chi connectivity index (χ4n) is 3.98. The SMILES string of the molecule is NSc1ccc(Oc2cnc3ccccc3c2)cc1.O=C(CCc1ccccc1)NC(CC1CC1)B(O)O. The van der Waals surface area contributed by atoms with Gasteiger partial charge < -0.3 is 20.1 Å². The van der Waals surface area contributed by atoms with Crippen LogP contribution in [0, 0.1) is 5.92 Å². The first-order valence-electron chi connectivity index (χ1n) is 12.7. The van der Waals surface area contributed by atoms with Crippen molar-refractivity contribution in [2.75, 3.05) is 0 Å². The Morgan fingerprint density at radius 3 is 2.42 bits per heavy atom. The van der Waals surface area contributed by atoms with Gasteiger partial charge in [0, 0.05) is 16.7 Å². The standard InChI is InChI=1S/C15H12N2OS.C14H20BNO3/c16-19-14-7-5-12(6-8-14)18-13-9-11-3-1-2-4-15(11)17-10-13;17-14(9-8-11-4-2-1-3-5-11)16-13(15(18)19)10-12-6-7-12/h1-10H,16H2;1-5,12-13,18-19H,6-10H2,(H,16,17). The van der Waals surface area contributed by atoms with Gasteiger partial charge in [-0.15, -0.1) is 0 Å². The Morgan fingerprint density at radius 1 is 1.03 bits per heavy atom. The monoisotopic (exact) mass is 529 g/mol. The van der Waals surface area contributed by atoms with Crippen LogP contribution in [0.15, 0.2) is 96.0 Å². The number of amides is 1. The maximum absolute atomic E-state index is 11.8. The number of aromatic nitrogens is 1. The largest absolute Gasteiger partial charge is 0.475 e. The van der Waals surface area contributed by atoms with Gasteiger partial charge in [-0.25, -0.2) is 0 Å². The molecule has 3 aromatic carbocycles. The van der Waals surface area contributed by atoms with Gasteiger partial charge in [-0.2, -0.15) is 0 Å². The Kier molecular flexibility index (Phi) is 10.2. The van der Waals surface area contributed by atoms with Gasteiger partial charge >= 0.3 is 7.12 Å². The molecule has 1 unspecified atom stereocenters. The molecule has 1 aliphatic rings. The Morgan fingerprint density at radius 2 is 1.74 bits per heavy atom. The van der Waals surface area contributed by atoms with Gasteiger partial charge in [-0.3, -0.25) is 14.9 Å². The van der Waals surface area contributed by atoms with E-state index in [1.807, 2.05) is 84.9 Å². The molecular weight excluding hydrogens is 497 g/mol. The Balaban J connectivity index is 0.000000177. The highest BCUT2D eigenvalue weighted by Gasteiger charge is 2.32. The topological polar surface area (TPSA) is 118 Å². The van der Waals surface area contributed by atoms with Crippen LogP contribution in [0.3, 0.4) is 0 Å². The third-order valence-electron chi connectivity index (χ3n) is 6.23. The van der Waals surface area contributed by atoms with Crippen LogP contribution < -0.4 is 15.2 Å². The van der Waals surface area contributed by atoms with Crippen molar-refractivity contribution in [3.8, 4) is 11.5 Å². The zero-order valence-corrected chi connectivity index (χ0v) is 21.9. The second-order valence-electron chi connectivity index (χ2n) is 9.31. The highest BCUT2D eigenvalue weighted by Crippen LogP contribution is 2.33. The summed E-state index contributed by atoms with van der Waals surface area (Å²) in [5.74, 6) is 1.39. The van der Waals surface area contributed by atoms with Gasteiger partial charge in [0.1, 0.15) is 11.5 Å². The van der Waals surface area contributed by atoms with E-state index in [1.165, 1.54) is 11.9 Å². The minimum Gasteiger partial charge on any atom is -0.456 e. The number of carbonyl (C=O) groups is 1. The molecule has 4 aromatic rings. The molecule has 7 nitrogen and oxygen atoms in total. The first-order valence-corrected chi connectivity index (χ1v) is 13.6. The van der Waals surface area contributed by atoms with Crippen LogP contribution in [0.2, 0.25) is 0 Å². The van der Waals surface area contributed by atoms with E-state index in [0.29, 0.717) is 25.2 Å². The summed E-state index contributed by atoms with van der Waals surface area (Å²) < 4.78 is 5.77. The second kappa shape index (κ2) is 14.0. The van der Waals surface area contributed by atoms with Crippen molar-refractivity contribution in [2.24, 2.45) is 11.1 Å². The van der Waals surface area contributed by atoms with Crippen molar-refractivity contribution in [3.05, 3.63) is 96.7 Å². The van der Waals surface area contributed by atoms with E-state index in [1.54, 1.807) is 6.20 Å². The second-order valence-corrected chi connectivity index (χ2v) is 10.0. The molecule has 38 heavy (non-hydrogen) atoms. The molecule has 196 valence electrons. The van der Waals surface area contributed by atoms with Crippen molar-refractivity contribution in [2.45, 2.75) is 42.9 Å². The molecule has 5 N–H and O–H groups in total. The van der Waals surface area contributed by atoms with E-state index in [4.69, 9.17) is 9.88 Å². The average molecular weight is 529 g/mol. The fourth-order valence-corrected chi connectivity index (χ4v) is 4.27. The summed E-state index contributed by atoms with van der Waals surface area (Å²) in [5.41, 5.74) is 2.07. The van der Waals surface area contributed by atoms with Gasteiger partial charge in [0.25, 0.3) is 0 Å². The van der Waals surface area contributed by atoms with Crippen LogP contribution in [-0.4, -0.2) is 34.0 Å². The molecular formula is C29H32BN3O4S. The quantitative estimate of drug-likeness (QED) is 0.170. The number of ether oxygens (including phenoxy) is 1. The number of nitrogens with one attached hydrogen (secondary N) is 1. The van der Waals surface area contributed by atoms with E-state index in [2.05, 4.69) is 10.3 Å². The minimum absolute atomic E-state index is 0.123. The number of nitrogens with two attached hydrogens (primary N) is 1. The predicted molar refractivity (Wildman–Crippen MR) is 153 cm³/mol. The summed E-state index contributed by atoms with van der Waals surface area (Å²) in [6, 6.07) is 27.4. The highest BCUT2D eigenvalue weighted by atomic mass is 32.2. The molecule has 1 heterocycles. The third-order valence-corrected chi connectivity index (χ3v) is 6.78. The minimum atomic E-state index is -1.47. The number of nitrogens with zero attached hydrogens (tertiary/aromatic N) is 1. The third kappa shape index (κ3) is 8.88. The maximum atomic E-state index is 11.8. The lowest BCUT2D eigenvalue weighted by Gasteiger charge is -2.17. The first-order chi connectivity index (χ1) is 18.5. The fraction of sp³-hybridized carbons (Fsp3) is 0.241. The molecule has 0 radical (unpaired) electrons. The lowest BCUT2D eigenvalue weighted by molar-refractivity contribution is -0.121. The Labute approximate surface area is 227 Å². The van der Waals surface area contributed by atoms with Crippen molar-refractivity contribution in [1.82, 2.24) is 10.3 Å². The number of pyridine rings is 1. The van der Waals surface area contributed by atoms with Crippen LogP contribution in [0.25, 0.3) is 10.9 Å². The normalized spacial score (nSPS) is 13.2. The van der Waals surface area contributed by atoms with Crippen molar-refractivity contribution < 1.29 is 19.6 Å². The van der Waals surface area contributed by atoms with E-state index >= 15 is 0 Å².